The third kappa shape index (κ3) is 7.11. The number of hydrogen-bond acceptors (Lipinski definition) is 5. The lowest BCUT2D eigenvalue weighted by Gasteiger charge is -2.45. The third-order valence-electron chi connectivity index (χ3n) is 16.3. The quantitative estimate of drug-likeness (QED) is 0.164. The van der Waals surface area contributed by atoms with E-state index in [9.17, 15) is 0 Å². The van der Waals surface area contributed by atoms with Crippen molar-refractivity contribution in [3.8, 4) is 45.1 Å². The summed E-state index contributed by atoms with van der Waals surface area (Å²) in [5.74, 6) is 2.45. The number of anilines is 6. The number of rotatable bonds is 4. The Hall–Kier alpha value is -7.44. The summed E-state index contributed by atoms with van der Waals surface area (Å²) in [4.78, 5) is 5.11. The van der Waals surface area contributed by atoms with E-state index in [2.05, 4.69) is 232 Å². The van der Waals surface area contributed by atoms with Crippen LogP contribution in [0, 0.1) is 20.8 Å². The van der Waals surface area contributed by atoms with E-state index >= 15 is 0 Å². The van der Waals surface area contributed by atoms with Crippen molar-refractivity contribution in [3.63, 3.8) is 0 Å². The number of ether oxygens (including phenoxy) is 2. The lowest BCUT2D eigenvalue weighted by atomic mass is 9.33. The van der Waals surface area contributed by atoms with Gasteiger partial charge in [0.15, 0.2) is 11.5 Å². The molecule has 1 aliphatic carbocycles. The van der Waals surface area contributed by atoms with E-state index in [1.54, 1.807) is 0 Å². The van der Waals surface area contributed by atoms with Gasteiger partial charge in [0.25, 0.3) is 6.71 Å². The monoisotopic (exact) mass is 954 g/mol. The molecule has 5 nitrogen and oxygen atoms in total. The minimum Gasteiger partial charge on any atom is -0.490 e. The predicted octanol–water partition coefficient (Wildman–Crippen LogP) is 15.8. The first kappa shape index (κ1) is 45.4. The van der Waals surface area contributed by atoms with Crippen molar-refractivity contribution in [2.45, 2.75) is 98.8 Å². The van der Waals surface area contributed by atoms with Crippen LogP contribution in [0.4, 0.5) is 34.1 Å². The maximum Gasteiger partial charge on any atom is 0.252 e. The molecular weight excluding hydrogens is 892 g/mol. The molecule has 3 aliphatic heterocycles. The van der Waals surface area contributed by atoms with Gasteiger partial charge in [-0.3, -0.25) is 0 Å². The van der Waals surface area contributed by atoms with Crippen molar-refractivity contribution in [2.75, 3.05) is 23.0 Å². The first-order valence-corrected chi connectivity index (χ1v) is 26.3. The van der Waals surface area contributed by atoms with E-state index in [4.69, 9.17) is 13.9 Å². The molecular formula is C67H63BN2O3. The Morgan fingerprint density at radius 1 is 0.521 bits per heavy atom. The Morgan fingerprint density at radius 3 is 1.92 bits per heavy atom. The number of nitrogens with zero attached hydrogens (tertiary/aromatic N) is 2. The number of aryl methyl sites for hydroxylation is 3. The molecule has 0 amide bonds. The molecule has 4 aliphatic rings. The van der Waals surface area contributed by atoms with Crippen LogP contribution in [0.1, 0.15) is 101 Å². The van der Waals surface area contributed by atoms with E-state index in [1.807, 2.05) is 0 Å². The highest BCUT2D eigenvalue weighted by Gasteiger charge is 2.46. The fraction of sp³-hybridized carbons (Fsp3) is 0.254. The molecule has 4 heterocycles. The van der Waals surface area contributed by atoms with Gasteiger partial charge in [0.2, 0.25) is 0 Å². The maximum absolute atomic E-state index is 6.77. The van der Waals surface area contributed by atoms with E-state index in [-0.39, 0.29) is 23.0 Å². The standard InChI is InChI=1S/C67H63BN2O3/c1-39-27-57-63-58(28-39)70(64-40(2)29-47(30-41(64)3)66(7,8)9)56-38-62-61(71-25-16-26-72-62)37-54(56)68(63)53-36-46(65(4,5)6)22-24-55(53)69(57)48-32-44(31-45(33-48)60-35-43-17-12-15-20-59(43)73-60)42-21-23-50-49-18-13-14-19-51(49)67(10,11)52(50)34-42/h12-15,17-24,27-38H,16,25-26H2,1-11H3. The largest absolute Gasteiger partial charge is 0.490 e. The lowest BCUT2D eigenvalue weighted by molar-refractivity contribution is 0.297. The number of para-hydroxylation sites is 1. The Bertz CT molecular complexity index is 3730. The molecule has 9 aromatic rings. The Kier molecular flexibility index (Phi) is 9.98. The summed E-state index contributed by atoms with van der Waals surface area (Å²) in [5, 5.41) is 1.09. The van der Waals surface area contributed by atoms with Gasteiger partial charge in [-0.05, 0) is 170 Å². The summed E-state index contributed by atoms with van der Waals surface area (Å²) in [6, 6.07) is 55.1. The fourth-order valence-corrected chi connectivity index (χ4v) is 12.6. The highest BCUT2D eigenvalue weighted by Crippen LogP contribution is 2.52. The first-order valence-electron chi connectivity index (χ1n) is 26.3. The van der Waals surface area contributed by atoms with Crippen LogP contribution in [0.25, 0.3) is 44.5 Å². The number of fused-ring (bicyclic) bond motifs is 9. The van der Waals surface area contributed by atoms with Crippen molar-refractivity contribution in [3.05, 3.63) is 185 Å². The summed E-state index contributed by atoms with van der Waals surface area (Å²) in [6.45, 7) is 26.6. The summed E-state index contributed by atoms with van der Waals surface area (Å²) in [7, 11) is 0. The van der Waals surface area contributed by atoms with Gasteiger partial charge in [-0.15, -0.1) is 0 Å². The van der Waals surface area contributed by atoms with Gasteiger partial charge >= 0.3 is 0 Å². The zero-order valence-electron chi connectivity index (χ0n) is 44.2. The summed E-state index contributed by atoms with van der Waals surface area (Å²) < 4.78 is 19.9. The first-order chi connectivity index (χ1) is 34.9. The molecule has 0 saturated carbocycles. The van der Waals surface area contributed by atoms with Gasteiger partial charge in [-0.25, -0.2) is 0 Å². The fourth-order valence-electron chi connectivity index (χ4n) is 12.6. The normalized spacial score (nSPS) is 15.1. The Morgan fingerprint density at radius 2 is 1.18 bits per heavy atom. The van der Waals surface area contributed by atoms with Crippen molar-refractivity contribution in [2.24, 2.45) is 0 Å². The second kappa shape index (κ2) is 16.0. The molecule has 0 unspecified atom stereocenters. The van der Waals surface area contributed by atoms with E-state index in [1.165, 1.54) is 89.1 Å². The second-order valence-electron chi connectivity index (χ2n) is 23.8. The zero-order valence-corrected chi connectivity index (χ0v) is 44.2. The molecule has 1 aromatic heterocycles. The van der Waals surface area contributed by atoms with Gasteiger partial charge in [0.1, 0.15) is 11.3 Å². The molecule has 362 valence electrons. The molecule has 0 spiro atoms. The number of benzene rings is 8. The molecule has 0 atom stereocenters. The molecule has 0 fully saturated rings. The van der Waals surface area contributed by atoms with Crippen molar-refractivity contribution < 1.29 is 13.9 Å². The second-order valence-corrected chi connectivity index (χ2v) is 23.8. The smallest absolute Gasteiger partial charge is 0.252 e. The van der Waals surface area contributed by atoms with Gasteiger partial charge in [-0.2, -0.15) is 0 Å². The molecule has 0 bridgehead atoms. The van der Waals surface area contributed by atoms with Crippen LogP contribution in [0.2, 0.25) is 0 Å². The minimum absolute atomic E-state index is 0.00428. The lowest BCUT2D eigenvalue weighted by Crippen LogP contribution is -2.61. The Labute approximate surface area is 431 Å². The number of furan rings is 1. The topological polar surface area (TPSA) is 38.1 Å². The molecule has 0 saturated heterocycles. The highest BCUT2D eigenvalue weighted by atomic mass is 16.5. The van der Waals surface area contributed by atoms with Gasteiger partial charge < -0.3 is 23.7 Å². The maximum atomic E-state index is 6.77. The average molecular weight is 955 g/mol. The van der Waals surface area contributed by atoms with Gasteiger partial charge in [0.05, 0.1) is 18.9 Å². The average Bonchev–Trinajstić information content (AvgIpc) is 3.79. The molecule has 13 rings (SSSR count). The van der Waals surface area contributed by atoms with Crippen LogP contribution in [0.5, 0.6) is 11.5 Å². The number of hydrogen-bond donors (Lipinski definition) is 0. The summed E-state index contributed by atoms with van der Waals surface area (Å²) >= 11 is 0. The molecule has 0 radical (unpaired) electrons. The van der Waals surface area contributed by atoms with Crippen LogP contribution >= 0.6 is 0 Å². The highest BCUT2D eigenvalue weighted by molar-refractivity contribution is 7.00. The van der Waals surface area contributed by atoms with Crippen LogP contribution in [0.3, 0.4) is 0 Å². The van der Waals surface area contributed by atoms with Crippen LogP contribution in [0.15, 0.2) is 150 Å². The van der Waals surface area contributed by atoms with Crippen LogP contribution in [-0.2, 0) is 16.2 Å². The third-order valence-corrected chi connectivity index (χ3v) is 16.3. The van der Waals surface area contributed by atoms with Crippen LogP contribution < -0.4 is 35.7 Å². The van der Waals surface area contributed by atoms with E-state index in [0.717, 1.165) is 62.8 Å². The summed E-state index contributed by atoms with van der Waals surface area (Å²) in [5.41, 5.74) is 26.3. The molecule has 73 heavy (non-hydrogen) atoms. The SMILES string of the molecule is Cc1cc2c3c(c1)N(c1c(C)cc(C(C)(C)C)cc1C)c1cc4c(cc1B3c1cc(C(C)(C)C)ccc1N2c1cc(-c2ccc3c(c2)C(C)(C)c2ccccc2-3)cc(-c2cc3ccccc3o2)c1)OCCCO4. The van der Waals surface area contributed by atoms with E-state index in [0.29, 0.717) is 13.2 Å². The van der Waals surface area contributed by atoms with E-state index < -0.39 is 0 Å². The van der Waals surface area contributed by atoms with Crippen molar-refractivity contribution >= 4 is 68.2 Å². The minimum atomic E-state index is -0.144. The van der Waals surface area contributed by atoms with Crippen molar-refractivity contribution in [1.29, 1.82) is 0 Å². The molecule has 8 aromatic carbocycles. The van der Waals surface area contributed by atoms with Crippen LogP contribution in [-0.4, -0.2) is 19.9 Å². The Balaban J connectivity index is 1.10. The molecule has 6 heteroatoms. The zero-order chi connectivity index (χ0) is 50.5. The molecule has 0 N–H and O–H groups in total. The predicted molar refractivity (Wildman–Crippen MR) is 306 cm³/mol. The van der Waals surface area contributed by atoms with Crippen molar-refractivity contribution in [1.82, 2.24) is 0 Å². The van der Waals surface area contributed by atoms with Gasteiger partial charge in [-0.1, -0.05) is 134 Å². The summed E-state index contributed by atoms with van der Waals surface area (Å²) in [6.07, 6.45) is 0.835. The van der Waals surface area contributed by atoms with Gasteiger partial charge in [0, 0.05) is 57.3 Å².